The lowest BCUT2D eigenvalue weighted by molar-refractivity contribution is 0.812. The van der Waals surface area contributed by atoms with E-state index in [1.807, 2.05) is 42.6 Å². The topological polar surface area (TPSA) is 94.1 Å². The molecular formula is C23H26N8. The van der Waals surface area contributed by atoms with Gasteiger partial charge >= 0.3 is 0 Å². The first-order chi connectivity index (χ1) is 15.3. The van der Waals surface area contributed by atoms with Gasteiger partial charge in [0.15, 0.2) is 0 Å². The first-order valence-electron chi connectivity index (χ1n) is 10.4. The predicted octanol–water partition coefficient (Wildman–Crippen LogP) is 4.26. The summed E-state index contributed by atoms with van der Waals surface area (Å²) in [7, 11) is 0. The normalized spacial score (nSPS) is 11.2. The number of benzene rings is 2. The second kappa shape index (κ2) is 9.71. The number of fused-ring (bicyclic) bond motifs is 1. The molecule has 31 heavy (non-hydrogen) atoms. The number of hydrogen-bond acceptors (Lipinski definition) is 7. The largest absolute Gasteiger partial charge is 0.361 e. The number of H-pyrrole nitrogens is 1. The molecule has 0 spiro atoms. The minimum absolute atomic E-state index is 0.392. The lowest BCUT2D eigenvalue weighted by Crippen LogP contribution is -2.25. The van der Waals surface area contributed by atoms with E-state index in [2.05, 4.69) is 72.7 Å². The molecule has 0 amide bonds. The van der Waals surface area contributed by atoms with Gasteiger partial charge in [0, 0.05) is 42.3 Å². The molecule has 8 nitrogen and oxygen atoms in total. The highest BCUT2D eigenvalue weighted by Gasteiger charge is 2.11. The Morgan fingerprint density at radius 2 is 1.68 bits per heavy atom. The van der Waals surface area contributed by atoms with Gasteiger partial charge in [-0.3, -0.25) is 0 Å². The van der Waals surface area contributed by atoms with Gasteiger partial charge < -0.3 is 15.2 Å². The summed E-state index contributed by atoms with van der Waals surface area (Å²) < 4.78 is 0. The molecule has 8 heteroatoms. The summed E-state index contributed by atoms with van der Waals surface area (Å²) in [6, 6.07) is 18.2. The number of anilines is 3. The molecule has 0 bridgehead atoms. The van der Waals surface area contributed by atoms with Crippen molar-refractivity contribution in [1.29, 1.82) is 0 Å². The summed E-state index contributed by atoms with van der Waals surface area (Å²) in [5.41, 5.74) is 6.17. The average Bonchev–Trinajstić information content (AvgIpc) is 3.22. The zero-order chi connectivity index (χ0) is 21.5. The highest BCUT2D eigenvalue weighted by Crippen LogP contribution is 2.17. The van der Waals surface area contributed by atoms with E-state index in [9.17, 15) is 0 Å². The number of aromatic nitrogens is 4. The van der Waals surface area contributed by atoms with Gasteiger partial charge in [0.2, 0.25) is 17.8 Å². The molecule has 0 unspecified atom stereocenters. The monoisotopic (exact) mass is 414 g/mol. The van der Waals surface area contributed by atoms with Crippen LogP contribution in [0, 0.1) is 0 Å². The van der Waals surface area contributed by atoms with Crippen LogP contribution in [-0.2, 0) is 6.54 Å². The second-order valence-electron chi connectivity index (χ2n) is 6.95. The molecular weight excluding hydrogens is 388 g/mol. The summed E-state index contributed by atoms with van der Waals surface area (Å²) in [4.78, 5) is 18.9. The van der Waals surface area contributed by atoms with E-state index in [0.29, 0.717) is 24.4 Å². The molecule has 2 aromatic heterocycles. The summed E-state index contributed by atoms with van der Waals surface area (Å²) >= 11 is 0. The Bertz CT molecular complexity index is 1150. The number of aromatic amines is 1. The molecule has 4 rings (SSSR count). The molecule has 0 aliphatic carbocycles. The fourth-order valence-electron chi connectivity index (χ4n) is 3.28. The van der Waals surface area contributed by atoms with Crippen LogP contribution >= 0.6 is 0 Å². The van der Waals surface area contributed by atoms with Gasteiger partial charge in [-0.25, -0.2) is 5.43 Å². The van der Waals surface area contributed by atoms with Crippen molar-refractivity contribution in [2.75, 3.05) is 28.7 Å². The van der Waals surface area contributed by atoms with Crippen molar-refractivity contribution in [2.45, 2.75) is 20.4 Å². The summed E-state index contributed by atoms with van der Waals surface area (Å²) in [5.74, 6) is 1.51. The van der Waals surface area contributed by atoms with Crippen molar-refractivity contribution >= 4 is 35.0 Å². The number of rotatable bonds is 9. The van der Waals surface area contributed by atoms with Crippen molar-refractivity contribution < 1.29 is 0 Å². The van der Waals surface area contributed by atoms with Gasteiger partial charge in [-0.15, -0.1) is 0 Å². The van der Waals surface area contributed by atoms with Gasteiger partial charge in [-0.05, 0) is 25.5 Å². The van der Waals surface area contributed by atoms with Crippen LogP contribution in [0.1, 0.15) is 25.0 Å². The Morgan fingerprint density at radius 1 is 0.935 bits per heavy atom. The molecule has 2 heterocycles. The van der Waals surface area contributed by atoms with Crippen molar-refractivity contribution in [2.24, 2.45) is 5.10 Å². The number of hydrazone groups is 1. The quantitative estimate of drug-likeness (QED) is 0.280. The van der Waals surface area contributed by atoms with Gasteiger partial charge in [0.05, 0.1) is 6.21 Å². The van der Waals surface area contributed by atoms with Crippen molar-refractivity contribution in [3.63, 3.8) is 0 Å². The molecule has 0 saturated heterocycles. The smallest absolute Gasteiger partial charge is 0.250 e. The Kier molecular flexibility index (Phi) is 6.37. The lowest BCUT2D eigenvalue weighted by Gasteiger charge is -2.19. The average molecular weight is 415 g/mol. The number of para-hydroxylation sites is 1. The third-order valence-electron chi connectivity index (χ3n) is 4.95. The zero-order valence-electron chi connectivity index (χ0n) is 17.7. The maximum Gasteiger partial charge on any atom is 0.250 e. The molecule has 0 aliphatic rings. The standard InChI is InChI=1S/C23H26N8/c1-3-31(4-2)23-28-21(25-14-17-10-6-5-7-11-17)27-22(29-23)30-26-16-18-15-24-20-13-9-8-12-19(18)20/h5-13,15-16,24H,3-4,14H2,1-2H3,(H2,25,27,28,29,30). The molecule has 158 valence electrons. The zero-order valence-corrected chi connectivity index (χ0v) is 17.7. The van der Waals surface area contributed by atoms with Crippen LogP contribution in [0.4, 0.5) is 17.8 Å². The maximum atomic E-state index is 4.59. The van der Waals surface area contributed by atoms with Crippen LogP contribution in [0.15, 0.2) is 65.9 Å². The molecule has 2 aromatic carbocycles. The molecule has 0 aliphatic heterocycles. The van der Waals surface area contributed by atoms with E-state index < -0.39 is 0 Å². The Morgan fingerprint density at radius 3 is 2.48 bits per heavy atom. The number of hydrogen-bond donors (Lipinski definition) is 3. The van der Waals surface area contributed by atoms with E-state index in [0.717, 1.165) is 35.1 Å². The number of nitrogens with one attached hydrogen (secondary N) is 3. The fraction of sp³-hybridized carbons (Fsp3) is 0.217. The van der Waals surface area contributed by atoms with Crippen molar-refractivity contribution in [3.8, 4) is 0 Å². The third-order valence-corrected chi connectivity index (χ3v) is 4.95. The first-order valence-corrected chi connectivity index (χ1v) is 10.4. The van der Waals surface area contributed by atoms with Gasteiger partial charge in [-0.2, -0.15) is 20.1 Å². The van der Waals surface area contributed by atoms with Crippen molar-refractivity contribution in [1.82, 2.24) is 19.9 Å². The first kappa shape index (κ1) is 20.3. The van der Waals surface area contributed by atoms with Crippen molar-refractivity contribution in [3.05, 3.63) is 71.9 Å². The van der Waals surface area contributed by atoms with Gasteiger partial charge in [0.25, 0.3) is 0 Å². The number of nitrogens with zero attached hydrogens (tertiary/aromatic N) is 5. The molecule has 0 radical (unpaired) electrons. The molecule has 4 aromatic rings. The highest BCUT2D eigenvalue weighted by atomic mass is 15.4. The van der Waals surface area contributed by atoms with Crippen LogP contribution in [0.25, 0.3) is 10.9 Å². The van der Waals surface area contributed by atoms with Crippen LogP contribution in [0.5, 0.6) is 0 Å². The lowest BCUT2D eigenvalue weighted by atomic mass is 10.2. The van der Waals surface area contributed by atoms with E-state index in [1.54, 1.807) is 6.21 Å². The Hall–Kier alpha value is -3.94. The highest BCUT2D eigenvalue weighted by molar-refractivity contribution is 5.99. The summed E-state index contributed by atoms with van der Waals surface area (Å²) in [6.07, 6.45) is 3.69. The minimum atomic E-state index is 0.392. The van der Waals surface area contributed by atoms with Gasteiger partial charge in [0.1, 0.15) is 0 Å². The summed E-state index contributed by atoms with van der Waals surface area (Å²) in [6.45, 7) is 6.38. The SMILES string of the molecule is CCN(CC)c1nc(NCc2ccccc2)nc(NN=Cc2c[nH]c3ccccc23)n1. The van der Waals surface area contributed by atoms with E-state index in [1.165, 1.54) is 0 Å². The predicted molar refractivity (Wildman–Crippen MR) is 127 cm³/mol. The van der Waals surface area contributed by atoms with Gasteiger partial charge in [-0.1, -0.05) is 48.5 Å². The summed E-state index contributed by atoms with van der Waals surface area (Å²) in [5, 5.41) is 8.75. The Balaban J connectivity index is 1.54. The second-order valence-corrected chi connectivity index (χ2v) is 6.95. The van der Waals surface area contributed by atoms with Crippen LogP contribution < -0.4 is 15.6 Å². The molecule has 0 fully saturated rings. The minimum Gasteiger partial charge on any atom is -0.361 e. The molecule has 3 N–H and O–H groups in total. The van der Waals surface area contributed by atoms with Crippen LogP contribution in [0.2, 0.25) is 0 Å². The van der Waals surface area contributed by atoms with E-state index in [4.69, 9.17) is 0 Å². The molecule has 0 saturated carbocycles. The maximum absolute atomic E-state index is 4.59. The van der Waals surface area contributed by atoms with E-state index >= 15 is 0 Å². The van der Waals surface area contributed by atoms with Crippen LogP contribution in [0.3, 0.4) is 0 Å². The molecule has 0 atom stereocenters. The van der Waals surface area contributed by atoms with E-state index in [-0.39, 0.29) is 0 Å². The Labute approximate surface area is 181 Å². The third kappa shape index (κ3) is 4.98. The fourth-order valence-corrected chi connectivity index (χ4v) is 3.28. The van der Waals surface area contributed by atoms with Crippen LogP contribution in [-0.4, -0.2) is 39.2 Å².